The maximum Gasteiger partial charge on any atom is 0.237 e. The third-order valence-corrected chi connectivity index (χ3v) is 6.16. The lowest BCUT2D eigenvalue weighted by Gasteiger charge is -2.14. The first-order chi connectivity index (χ1) is 14.9. The highest BCUT2D eigenvalue weighted by Crippen LogP contribution is 2.30. The van der Waals surface area contributed by atoms with E-state index < -0.39 is 5.25 Å². The predicted molar refractivity (Wildman–Crippen MR) is 129 cm³/mol. The minimum atomic E-state index is -0.400. The van der Waals surface area contributed by atoms with Crippen LogP contribution in [-0.4, -0.2) is 26.1 Å². The molecule has 0 spiro atoms. The number of aromatic nitrogens is 3. The van der Waals surface area contributed by atoms with Crippen molar-refractivity contribution in [2.45, 2.75) is 31.3 Å². The molecule has 31 heavy (non-hydrogen) atoms. The van der Waals surface area contributed by atoms with Crippen molar-refractivity contribution in [1.29, 1.82) is 0 Å². The smallest absolute Gasteiger partial charge is 0.237 e. The fraction of sp³-hybridized carbons (Fsp3) is 0.238. The summed E-state index contributed by atoms with van der Waals surface area (Å²) in [5, 5.41) is 6.33. The molecule has 7 nitrogen and oxygen atoms in total. The van der Waals surface area contributed by atoms with Crippen LogP contribution < -0.4 is 16.4 Å². The lowest BCUT2D eigenvalue weighted by molar-refractivity contribution is -0.115. The van der Waals surface area contributed by atoms with Gasteiger partial charge in [-0.1, -0.05) is 54.4 Å². The van der Waals surface area contributed by atoms with Crippen LogP contribution in [0, 0.1) is 0 Å². The molecule has 10 heteroatoms. The summed E-state index contributed by atoms with van der Waals surface area (Å²) in [6.45, 7) is 3.86. The average molecular weight is 477 g/mol. The van der Waals surface area contributed by atoms with Crippen LogP contribution in [0.15, 0.2) is 42.5 Å². The number of nitrogens with two attached hydrogens (primary N) is 1. The molecule has 0 fully saturated rings. The zero-order valence-electron chi connectivity index (χ0n) is 17.0. The second-order valence-electron chi connectivity index (χ2n) is 6.61. The number of amides is 1. The molecule has 3 rings (SSSR count). The number of carbonyl (C=O) groups is 1. The van der Waals surface area contributed by atoms with Gasteiger partial charge >= 0.3 is 0 Å². The van der Waals surface area contributed by atoms with E-state index in [4.69, 9.17) is 28.9 Å². The third kappa shape index (κ3) is 6.22. The summed E-state index contributed by atoms with van der Waals surface area (Å²) in [6.07, 6.45) is 0.870. The minimum absolute atomic E-state index is 0.113. The summed E-state index contributed by atoms with van der Waals surface area (Å²) in [5.41, 5.74) is 8.32. The quantitative estimate of drug-likeness (QED) is 0.403. The minimum Gasteiger partial charge on any atom is -0.368 e. The molecule has 4 N–H and O–H groups in total. The van der Waals surface area contributed by atoms with Crippen LogP contribution in [0.2, 0.25) is 10.0 Å². The summed E-state index contributed by atoms with van der Waals surface area (Å²) in [7, 11) is 0. The zero-order chi connectivity index (χ0) is 22.4. The Bertz CT molecular complexity index is 1060. The van der Waals surface area contributed by atoms with E-state index in [0.29, 0.717) is 33.3 Å². The Morgan fingerprint density at radius 3 is 2.52 bits per heavy atom. The van der Waals surface area contributed by atoms with Crippen molar-refractivity contribution in [1.82, 2.24) is 15.0 Å². The van der Waals surface area contributed by atoms with Crippen molar-refractivity contribution in [3.8, 4) is 0 Å². The van der Waals surface area contributed by atoms with Crippen LogP contribution >= 0.6 is 35.0 Å². The molecular weight excluding hydrogens is 455 g/mol. The number of nitrogen functional groups attached to an aromatic ring is 1. The number of carbonyl (C=O) groups excluding carboxylic acids is 1. The number of hydrogen-bond acceptors (Lipinski definition) is 7. The van der Waals surface area contributed by atoms with E-state index in [1.54, 1.807) is 25.1 Å². The van der Waals surface area contributed by atoms with Crippen molar-refractivity contribution in [2.75, 3.05) is 16.4 Å². The van der Waals surface area contributed by atoms with Crippen LogP contribution in [0.3, 0.4) is 0 Å². The number of thioether (sulfide) groups is 1. The number of rotatable bonds is 8. The highest BCUT2D eigenvalue weighted by molar-refractivity contribution is 7.99. The molecule has 0 saturated heterocycles. The van der Waals surface area contributed by atoms with Gasteiger partial charge in [0.25, 0.3) is 0 Å². The normalized spacial score (nSPS) is 11.7. The van der Waals surface area contributed by atoms with Gasteiger partial charge in [-0.15, -0.1) is 11.8 Å². The van der Waals surface area contributed by atoms with Gasteiger partial charge < -0.3 is 16.4 Å². The first-order valence-electron chi connectivity index (χ1n) is 9.59. The molecule has 1 atom stereocenters. The molecule has 1 amide bonds. The first kappa shape index (κ1) is 23.1. The van der Waals surface area contributed by atoms with Crippen molar-refractivity contribution in [3.05, 3.63) is 63.9 Å². The third-order valence-electron chi connectivity index (χ3n) is 4.39. The topological polar surface area (TPSA) is 106 Å². The molecule has 0 saturated carbocycles. The van der Waals surface area contributed by atoms with Gasteiger partial charge in [0.1, 0.15) is 5.82 Å². The Morgan fingerprint density at radius 1 is 1.10 bits per heavy atom. The Hall–Kier alpha value is -2.55. The van der Waals surface area contributed by atoms with Crippen molar-refractivity contribution < 1.29 is 4.79 Å². The van der Waals surface area contributed by atoms with E-state index in [2.05, 4.69) is 32.5 Å². The van der Waals surface area contributed by atoms with Crippen LogP contribution in [0.5, 0.6) is 0 Å². The number of benzene rings is 2. The zero-order valence-corrected chi connectivity index (χ0v) is 19.4. The van der Waals surface area contributed by atoms with Crippen LogP contribution in [0.4, 0.5) is 23.3 Å². The SMILES string of the molecule is CCc1ccccc1Nc1nc(N)nc(CSC(C)C(=O)Nc2c(Cl)cccc2Cl)n1. The van der Waals surface area contributed by atoms with E-state index >= 15 is 0 Å². The van der Waals surface area contributed by atoms with Crippen LogP contribution in [0.25, 0.3) is 0 Å². The molecule has 1 unspecified atom stereocenters. The average Bonchev–Trinajstić information content (AvgIpc) is 2.74. The van der Waals surface area contributed by atoms with Crippen molar-refractivity contribution in [3.63, 3.8) is 0 Å². The number of hydrogen-bond donors (Lipinski definition) is 3. The van der Waals surface area contributed by atoms with E-state index in [1.807, 2.05) is 24.3 Å². The molecule has 2 aromatic carbocycles. The summed E-state index contributed by atoms with van der Waals surface area (Å²) in [4.78, 5) is 25.3. The van der Waals surface area contributed by atoms with E-state index in [0.717, 1.165) is 17.7 Å². The molecule has 0 bridgehead atoms. The van der Waals surface area contributed by atoms with E-state index in [9.17, 15) is 4.79 Å². The van der Waals surface area contributed by atoms with Gasteiger partial charge in [-0.2, -0.15) is 15.0 Å². The maximum atomic E-state index is 12.5. The van der Waals surface area contributed by atoms with Crippen LogP contribution in [0.1, 0.15) is 25.2 Å². The predicted octanol–water partition coefficient (Wildman–Crippen LogP) is 5.33. The van der Waals surface area contributed by atoms with E-state index in [1.165, 1.54) is 11.8 Å². The molecule has 0 aliphatic heterocycles. The molecule has 1 aromatic heterocycles. The molecule has 0 aliphatic carbocycles. The number of nitrogens with one attached hydrogen (secondary N) is 2. The first-order valence-corrected chi connectivity index (χ1v) is 11.4. The largest absolute Gasteiger partial charge is 0.368 e. The summed E-state index contributed by atoms with van der Waals surface area (Å²) >= 11 is 13.6. The van der Waals surface area contributed by atoms with Gasteiger partial charge in [0.2, 0.25) is 17.8 Å². The maximum absolute atomic E-state index is 12.5. The second kappa shape index (κ2) is 10.7. The highest BCUT2D eigenvalue weighted by Gasteiger charge is 2.18. The fourth-order valence-electron chi connectivity index (χ4n) is 2.75. The summed E-state index contributed by atoms with van der Waals surface area (Å²) in [6, 6.07) is 13.0. The molecule has 1 heterocycles. The number of halogens is 2. The highest BCUT2D eigenvalue weighted by atomic mass is 35.5. The summed E-state index contributed by atoms with van der Waals surface area (Å²) < 4.78 is 0. The standard InChI is InChI=1S/C21H22Cl2N6OS/c1-3-13-7-4-5-10-16(13)25-21-27-17(26-20(24)29-21)11-31-12(2)19(30)28-18-14(22)8-6-9-15(18)23/h4-10,12H,3,11H2,1-2H3,(H,28,30)(H3,24,25,26,27,29). The lowest BCUT2D eigenvalue weighted by Crippen LogP contribution is -2.23. The fourth-order valence-corrected chi connectivity index (χ4v) is 3.98. The van der Waals surface area contributed by atoms with Gasteiger partial charge in [0.15, 0.2) is 0 Å². The van der Waals surface area contributed by atoms with Gasteiger partial charge in [-0.25, -0.2) is 0 Å². The summed E-state index contributed by atoms with van der Waals surface area (Å²) in [5.74, 6) is 1.11. The number of aryl methyl sites for hydroxylation is 1. The molecule has 162 valence electrons. The Kier molecular flexibility index (Phi) is 7.95. The monoisotopic (exact) mass is 476 g/mol. The molecule has 0 radical (unpaired) electrons. The lowest BCUT2D eigenvalue weighted by atomic mass is 10.1. The van der Waals surface area contributed by atoms with Gasteiger partial charge in [0.05, 0.1) is 26.7 Å². The Balaban J connectivity index is 1.65. The van der Waals surface area contributed by atoms with Gasteiger partial charge in [-0.3, -0.25) is 4.79 Å². The number of anilines is 4. The molecular formula is C21H22Cl2N6OS. The molecule has 0 aliphatic rings. The Labute approximate surface area is 195 Å². The number of nitrogens with zero attached hydrogens (tertiary/aromatic N) is 3. The van der Waals surface area contributed by atoms with Crippen molar-refractivity contribution in [2.24, 2.45) is 0 Å². The van der Waals surface area contributed by atoms with Crippen LogP contribution in [-0.2, 0) is 17.0 Å². The second-order valence-corrected chi connectivity index (χ2v) is 8.75. The number of para-hydroxylation sites is 2. The molecule has 3 aromatic rings. The van der Waals surface area contributed by atoms with Gasteiger partial charge in [0, 0.05) is 5.69 Å². The van der Waals surface area contributed by atoms with Gasteiger partial charge in [-0.05, 0) is 37.1 Å². The van der Waals surface area contributed by atoms with Crippen molar-refractivity contribution >= 4 is 64.1 Å². The Morgan fingerprint density at radius 2 is 1.81 bits per heavy atom. The van der Waals surface area contributed by atoms with E-state index in [-0.39, 0.29) is 11.9 Å².